The lowest BCUT2D eigenvalue weighted by Crippen LogP contribution is -2.11. The SMILES string of the molecule is CCNCc1ccc(Oc2ccc(C)nc2)c(Cl)c1. The summed E-state index contributed by atoms with van der Waals surface area (Å²) in [6, 6.07) is 9.59. The molecule has 0 unspecified atom stereocenters. The first kappa shape index (κ1) is 13.8. The van der Waals surface area contributed by atoms with Crippen LogP contribution >= 0.6 is 11.6 Å². The maximum atomic E-state index is 6.22. The van der Waals surface area contributed by atoms with E-state index in [-0.39, 0.29) is 0 Å². The number of nitrogens with one attached hydrogen (secondary N) is 1. The quantitative estimate of drug-likeness (QED) is 0.898. The number of aromatic nitrogens is 1. The number of hydrogen-bond donors (Lipinski definition) is 1. The van der Waals surface area contributed by atoms with Crippen molar-refractivity contribution in [2.24, 2.45) is 0 Å². The fraction of sp³-hybridized carbons (Fsp3) is 0.267. The molecule has 1 aromatic heterocycles. The summed E-state index contributed by atoms with van der Waals surface area (Å²) in [6.45, 7) is 5.75. The molecule has 0 saturated heterocycles. The van der Waals surface area contributed by atoms with Gasteiger partial charge >= 0.3 is 0 Å². The van der Waals surface area contributed by atoms with Crippen LogP contribution in [-0.4, -0.2) is 11.5 Å². The van der Waals surface area contributed by atoms with E-state index in [1.807, 2.05) is 37.3 Å². The monoisotopic (exact) mass is 276 g/mol. The van der Waals surface area contributed by atoms with E-state index in [1.54, 1.807) is 6.20 Å². The molecule has 0 fully saturated rings. The van der Waals surface area contributed by atoms with Crippen LogP contribution in [0.2, 0.25) is 5.02 Å². The van der Waals surface area contributed by atoms with E-state index >= 15 is 0 Å². The van der Waals surface area contributed by atoms with Crippen LogP contribution in [0, 0.1) is 6.92 Å². The number of rotatable bonds is 5. The molecule has 2 aromatic rings. The minimum atomic E-state index is 0.607. The number of ether oxygens (including phenoxy) is 1. The van der Waals surface area contributed by atoms with Gasteiger partial charge in [0.05, 0.1) is 11.2 Å². The van der Waals surface area contributed by atoms with Crippen LogP contribution in [0.1, 0.15) is 18.2 Å². The molecule has 0 aliphatic carbocycles. The van der Waals surface area contributed by atoms with Crippen LogP contribution in [0.4, 0.5) is 0 Å². The summed E-state index contributed by atoms with van der Waals surface area (Å²) in [5.41, 5.74) is 2.10. The van der Waals surface area contributed by atoms with Crippen molar-refractivity contribution in [1.29, 1.82) is 0 Å². The molecule has 0 amide bonds. The standard InChI is InChI=1S/C15H17ClN2O/c1-3-17-9-12-5-7-15(14(16)8-12)19-13-6-4-11(2)18-10-13/h4-8,10,17H,3,9H2,1-2H3. The molecule has 1 aromatic carbocycles. The predicted molar refractivity (Wildman–Crippen MR) is 77.9 cm³/mol. The molecule has 0 saturated carbocycles. The van der Waals surface area contributed by atoms with Crippen molar-refractivity contribution >= 4 is 11.6 Å². The Morgan fingerprint density at radius 1 is 1.26 bits per heavy atom. The highest BCUT2D eigenvalue weighted by atomic mass is 35.5. The molecule has 1 heterocycles. The molecular formula is C15H17ClN2O. The second kappa shape index (κ2) is 6.55. The van der Waals surface area contributed by atoms with E-state index in [0.29, 0.717) is 16.5 Å². The maximum Gasteiger partial charge on any atom is 0.146 e. The third kappa shape index (κ3) is 3.94. The zero-order valence-corrected chi connectivity index (χ0v) is 11.9. The zero-order chi connectivity index (χ0) is 13.7. The third-order valence-corrected chi connectivity index (χ3v) is 2.98. The number of benzene rings is 1. The van der Waals surface area contributed by atoms with Gasteiger partial charge in [-0.15, -0.1) is 0 Å². The summed E-state index contributed by atoms with van der Waals surface area (Å²) in [5.74, 6) is 1.33. The van der Waals surface area contributed by atoms with Gasteiger partial charge in [0.25, 0.3) is 0 Å². The van der Waals surface area contributed by atoms with Gasteiger partial charge in [-0.25, -0.2) is 0 Å². The van der Waals surface area contributed by atoms with Crippen molar-refractivity contribution in [1.82, 2.24) is 10.3 Å². The van der Waals surface area contributed by atoms with Crippen LogP contribution in [0.25, 0.3) is 0 Å². The lowest BCUT2D eigenvalue weighted by Gasteiger charge is -2.09. The summed E-state index contributed by atoms with van der Waals surface area (Å²) in [6.07, 6.45) is 1.69. The molecule has 3 nitrogen and oxygen atoms in total. The Hall–Kier alpha value is -1.58. The topological polar surface area (TPSA) is 34.1 Å². The van der Waals surface area contributed by atoms with Gasteiger partial charge in [-0.05, 0) is 43.3 Å². The second-order valence-electron chi connectivity index (χ2n) is 4.28. The fourth-order valence-electron chi connectivity index (χ4n) is 1.65. The molecule has 1 N–H and O–H groups in total. The Morgan fingerprint density at radius 2 is 2.11 bits per heavy atom. The van der Waals surface area contributed by atoms with Crippen LogP contribution in [-0.2, 0) is 6.54 Å². The van der Waals surface area contributed by atoms with Gasteiger partial charge < -0.3 is 10.1 Å². The Labute approximate surface area is 118 Å². The highest BCUT2D eigenvalue weighted by molar-refractivity contribution is 6.32. The predicted octanol–water partition coefficient (Wildman–Crippen LogP) is 3.95. The fourth-order valence-corrected chi connectivity index (χ4v) is 1.89. The maximum absolute atomic E-state index is 6.22. The van der Waals surface area contributed by atoms with Crippen molar-refractivity contribution in [2.45, 2.75) is 20.4 Å². The first-order valence-electron chi connectivity index (χ1n) is 6.28. The number of pyridine rings is 1. The van der Waals surface area contributed by atoms with Crippen molar-refractivity contribution < 1.29 is 4.74 Å². The van der Waals surface area contributed by atoms with Crippen LogP contribution < -0.4 is 10.1 Å². The van der Waals surface area contributed by atoms with Gasteiger partial charge in [-0.2, -0.15) is 0 Å². The largest absolute Gasteiger partial charge is 0.454 e. The van der Waals surface area contributed by atoms with Gasteiger partial charge in [0.1, 0.15) is 11.5 Å². The van der Waals surface area contributed by atoms with E-state index < -0.39 is 0 Å². The minimum Gasteiger partial charge on any atom is -0.454 e. The van der Waals surface area contributed by atoms with Crippen molar-refractivity contribution in [3.05, 3.63) is 52.8 Å². The van der Waals surface area contributed by atoms with Crippen LogP contribution in [0.15, 0.2) is 36.5 Å². The van der Waals surface area contributed by atoms with Gasteiger partial charge in [0.2, 0.25) is 0 Å². The smallest absolute Gasteiger partial charge is 0.146 e. The Morgan fingerprint density at radius 3 is 2.74 bits per heavy atom. The highest BCUT2D eigenvalue weighted by Crippen LogP contribution is 2.29. The van der Waals surface area contributed by atoms with Gasteiger partial charge in [-0.3, -0.25) is 4.98 Å². The molecule has 0 radical (unpaired) electrons. The van der Waals surface area contributed by atoms with Crippen LogP contribution in [0.3, 0.4) is 0 Å². The number of aryl methyl sites for hydroxylation is 1. The lowest BCUT2D eigenvalue weighted by molar-refractivity contribution is 0.480. The number of hydrogen-bond acceptors (Lipinski definition) is 3. The summed E-state index contributed by atoms with van der Waals surface area (Å²) < 4.78 is 5.71. The summed E-state index contributed by atoms with van der Waals surface area (Å²) in [7, 11) is 0. The lowest BCUT2D eigenvalue weighted by atomic mass is 10.2. The average Bonchev–Trinajstić information content (AvgIpc) is 2.41. The molecule has 4 heteroatoms. The number of nitrogens with zero attached hydrogens (tertiary/aromatic N) is 1. The van der Waals surface area contributed by atoms with Crippen molar-refractivity contribution in [3.8, 4) is 11.5 Å². The molecule has 0 atom stereocenters. The Balaban J connectivity index is 2.10. The van der Waals surface area contributed by atoms with Crippen molar-refractivity contribution in [2.75, 3.05) is 6.54 Å². The molecule has 0 spiro atoms. The van der Waals surface area contributed by atoms with E-state index in [1.165, 1.54) is 0 Å². The first-order valence-corrected chi connectivity index (χ1v) is 6.66. The average molecular weight is 277 g/mol. The minimum absolute atomic E-state index is 0.607. The molecule has 2 rings (SSSR count). The van der Waals surface area contributed by atoms with Crippen LogP contribution in [0.5, 0.6) is 11.5 Å². The van der Waals surface area contributed by atoms with Gasteiger partial charge in [0.15, 0.2) is 0 Å². The van der Waals surface area contributed by atoms with E-state index in [2.05, 4.69) is 17.2 Å². The van der Waals surface area contributed by atoms with E-state index in [0.717, 1.165) is 24.3 Å². The second-order valence-corrected chi connectivity index (χ2v) is 4.69. The molecular weight excluding hydrogens is 260 g/mol. The van der Waals surface area contributed by atoms with E-state index in [9.17, 15) is 0 Å². The summed E-state index contributed by atoms with van der Waals surface area (Å²) in [5, 5.41) is 3.87. The third-order valence-electron chi connectivity index (χ3n) is 2.69. The normalized spacial score (nSPS) is 10.5. The number of halogens is 1. The van der Waals surface area contributed by atoms with Crippen molar-refractivity contribution in [3.63, 3.8) is 0 Å². The molecule has 0 aliphatic rings. The van der Waals surface area contributed by atoms with Gasteiger partial charge in [0, 0.05) is 12.2 Å². The Bertz CT molecular complexity index is 540. The molecule has 0 aliphatic heterocycles. The summed E-state index contributed by atoms with van der Waals surface area (Å²) >= 11 is 6.22. The Kier molecular flexibility index (Phi) is 4.77. The molecule has 0 bridgehead atoms. The van der Waals surface area contributed by atoms with Gasteiger partial charge in [-0.1, -0.05) is 24.6 Å². The molecule has 100 valence electrons. The summed E-state index contributed by atoms with van der Waals surface area (Å²) in [4.78, 5) is 4.18. The highest BCUT2D eigenvalue weighted by Gasteiger charge is 2.04. The first-order chi connectivity index (χ1) is 9.19. The molecule has 19 heavy (non-hydrogen) atoms. The zero-order valence-electron chi connectivity index (χ0n) is 11.1. The van der Waals surface area contributed by atoms with E-state index in [4.69, 9.17) is 16.3 Å².